The van der Waals surface area contributed by atoms with Crippen LogP contribution in [0, 0.1) is 5.92 Å². The van der Waals surface area contributed by atoms with Gasteiger partial charge in [-0.2, -0.15) is 0 Å². The number of carbonyl (C=O) groups is 1. The zero-order valence-electron chi connectivity index (χ0n) is 16.3. The lowest BCUT2D eigenvalue weighted by atomic mass is 9.97. The Bertz CT molecular complexity index is 780. The highest BCUT2D eigenvalue weighted by atomic mass is 35.5. The van der Waals surface area contributed by atoms with Gasteiger partial charge in [-0.1, -0.05) is 35.3 Å². The van der Waals surface area contributed by atoms with Gasteiger partial charge in [0, 0.05) is 42.8 Å². The van der Waals surface area contributed by atoms with E-state index in [1.165, 1.54) is 5.56 Å². The van der Waals surface area contributed by atoms with Crippen LogP contribution in [-0.4, -0.2) is 41.9 Å². The van der Waals surface area contributed by atoms with E-state index < -0.39 is 0 Å². The summed E-state index contributed by atoms with van der Waals surface area (Å²) in [6.07, 6.45) is 0. The molecule has 0 bridgehead atoms. The van der Waals surface area contributed by atoms with E-state index in [0.29, 0.717) is 16.7 Å². The average molecular weight is 421 g/mol. The number of benzene rings is 2. The van der Waals surface area contributed by atoms with Crippen LogP contribution in [0.5, 0.6) is 5.75 Å². The third-order valence-corrected chi connectivity index (χ3v) is 5.48. The molecule has 0 aromatic heterocycles. The van der Waals surface area contributed by atoms with E-state index in [9.17, 15) is 4.79 Å². The van der Waals surface area contributed by atoms with Gasteiger partial charge < -0.3 is 9.64 Å². The number of halogens is 2. The zero-order valence-corrected chi connectivity index (χ0v) is 17.8. The van der Waals surface area contributed by atoms with E-state index >= 15 is 0 Å². The Morgan fingerprint density at radius 1 is 1.04 bits per heavy atom. The molecule has 1 aliphatic heterocycles. The predicted molar refractivity (Wildman–Crippen MR) is 114 cm³/mol. The van der Waals surface area contributed by atoms with Crippen molar-refractivity contribution in [3.63, 3.8) is 0 Å². The van der Waals surface area contributed by atoms with Crippen molar-refractivity contribution >= 4 is 29.1 Å². The number of amides is 1. The quantitative estimate of drug-likeness (QED) is 0.610. The Morgan fingerprint density at radius 3 is 2.21 bits per heavy atom. The van der Waals surface area contributed by atoms with Crippen molar-refractivity contribution in [1.82, 2.24) is 9.80 Å². The van der Waals surface area contributed by atoms with E-state index in [1.807, 2.05) is 43.0 Å². The van der Waals surface area contributed by atoms with Crippen LogP contribution in [-0.2, 0) is 17.9 Å². The van der Waals surface area contributed by atoms with Gasteiger partial charge in [-0.3, -0.25) is 9.69 Å². The van der Waals surface area contributed by atoms with Gasteiger partial charge in [0.05, 0.1) is 5.92 Å². The molecule has 2 aromatic rings. The second kappa shape index (κ2) is 9.64. The van der Waals surface area contributed by atoms with E-state index in [4.69, 9.17) is 27.9 Å². The van der Waals surface area contributed by atoms with Crippen LogP contribution in [0.25, 0.3) is 0 Å². The van der Waals surface area contributed by atoms with Crippen LogP contribution in [0.4, 0.5) is 0 Å². The highest BCUT2D eigenvalue weighted by molar-refractivity contribution is 6.34. The molecule has 1 aliphatic rings. The highest BCUT2D eigenvalue weighted by Crippen LogP contribution is 2.23. The third-order valence-electron chi connectivity index (χ3n) is 5.04. The van der Waals surface area contributed by atoms with Crippen LogP contribution >= 0.6 is 23.2 Å². The van der Waals surface area contributed by atoms with E-state index in [2.05, 4.69) is 17.0 Å². The fourth-order valence-electron chi connectivity index (χ4n) is 3.46. The van der Waals surface area contributed by atoms with E-state index in [1.54, 1.807) is 6.07 Å². The summed E-state index contributed by atoms with van der Waals surface area (Å²) in [5.74, 6) is 1.23. The molecule has 6 heteroatoms. The van der Waals surface area contributed by atoms with Crippen molar-refractivity contribution in [2.45, 2.75) is 27.0 Å². The number of likely N-dealkylation sites (tertiary alicyclic amines) is 1. The molecule has 0 unspecified atom stereocenters. The second-order valence-electron chi connectivity index (χ2n) is 7.11. The molecule has 3 rings (SSSR count). The van der Waals surface area contributed by atoms with Crippen molar-refractivity contribution in [2.24, 2.45) is 5.92 Å². The van der Waals surface area contributed by atoms with Crippen molar-refractivity contribution in [3.8, 4) is 5.75 Å². The number of hydrogen-bond acceptors (Lipinski definition) is 3. The molecule has 0 saturated carbocycles. The minimum atomic E-state index is 0.145. The van der Waals surface area contributed by atoms with Gasteiger partial charge in [0.15, 0.2) is 0 Å². The van der Waals surface area contributed by atoms with Gasteiger partial charge in [-0.05, 0) is 55.3 Å². The van der Waals surface area contributed by atoms with E-state index in [-0.39, 0.29) is 11.8 Å². The smallest absolute Gasteiger partial charge is 0.228 e. The number of nitrogens with zero attached hydrogens (tertiary/aromatic N) is 2. The first kappa shape index (κ1) is 21.0. The summed E-state index contributed by atoms with van der Waals surface area (Å²) in [7, 11) is 0. The Labute approximate surface area is 177 Å². The van der Waals surface area contributed by atoms with Crippen molar-refractivity contribution in [2.75, 3.05) is 26.2 Å². The summed E-state index contributed by atoms with van der Waals surface area (Å²) in [6.45, 7) is 8.58. The first-order valence-corrected chi connectivity index (χ1v) is 10.4. The zero-order chi connectivity index (χ0) is 20.1. The van der Waals surface area contributed by atoms with Crippen LogP contribution in [0.3, 0.4) is 0 Å². The number of ether oxygens (including phenoxy) is 1. The molecule has 28 heavy (non-hydrogen) atoms. The number of hydrogen-bond donors (Lipinski definition) is 0. The summed E-state index contributed by atoms with van der Waals surface area (Å²) in [6, 6.07) is 13.5. The number of rotatable bonds is 8. The third kappa shape index (κ3) is 5.40. The molecule has 1 saturated heterocycles. The standard InChI is InChI=1S/C22H26Cl2N2O2/c1-3-26(4-2)22(27)18-13-25(14-18)12-16-5-7-21(8-6-16)28-15-17-9-19(23)11-20(24)10-17/h5-11,18H,3-4,12-15H2,1-2H3. The molecule has 0 aliphatic carbocycles. The maximum absolute atomic E-state index is 12.3. The molecule has 1 heterocycles. The maximum atomic E-state index is 12.3. The van der Waals surface area contributed by atoms with Gasteiger partial charge >= 0.3 is 0 Å². The van der Waals surface area contributed by atoms with Gasteiger partial charge in [-0.15, -0.1) is 0 Å². The lowest BCUT2D eigenvalue weighted by Gasteiger charge is -2.40. The monoisotopic (exact) mass is 420 g/mol. The fourth-order valence-corrected chi connectivity index (χ4v) is 4.03. The fraction of sp³-hybridized carbons (Fsp3) is 0.409. The Kier molecular flexibility index (Phi) is 7.22. The van der Waals surface area contributed by atoms with Gasteiger partial charge in [0.25, 0.3) is 0 Å². The summed E-state index contributed by atoms with van der Waals surface area (Å²) in [5, 5.41) is 1.21. The SMILES string of the molecule is CCN(CC)C(=O)C1CN(Cc2ccc(OCc3cc(Cl)cc(Cl)c3)cc2)C1. The Morgan fingerprint density at radius 2 is 1.64 bits per heavy atom. The van der Waals surface area contributed by atoms with Crippen molar-refractivity contribution in [1.29, 1.82) is 0 Å². The molecule has 4 nitrogen and oxygen atoms in total. The van der Waals surface area contributed by atoms with Crippen LogP contribution < -0.4 is 4.74 Å². The van der Waals surface area contributed by atoms with Crippen LogP contribution in [0.1, 0.15) is 25.0 Å². The first-order chi connectivity index (χ1) is 13.5. The summed E-state index contributed by atoms with van der Waals surface area (Å²) >= 11 is 12.0. The lowest BCUT2D eigenvalue weighted by molar-refractivity contribution is -0.140. The average Bonchev–Trinajstić information content (AvgIpc) is 2.63. The minimum Gasteiger partial charge on any atom is -0.489 e. The van der Waals surface area contributed by atoms with Crippen molar-refractivity contribution < 1.29 is 9.53 Å². The van der Waals surface area contributed by atoms with Gasteiger partial charge in [-0.25, -0.2) is 0 Å². The minimum absolute atomic E-state index is 0.145. The van der Waals surface area contributed by atoms with E-state index in [0.717, 1.165) is 44.0 Å². The normalized spacial score (nSPS) is 14.6. The number of carbonyl (C=O) groups excluding carboxylic acids is 1. The molecule has 0 radical (unpaired) electrons. The van der Waals surface area contributed by atoms with Crippen LogP contribution in [0.15, 0.2) is 42.5 Å². The van der Waals surface area contributed by atoms with Crippen molar-refractivity contribution in [3.05, 3.63) is 63.6 Å². The molecule has 0 atom stereocenters. The van der Waals surface area contributed by atoms with Gasteiger partial charge in [0.1, 0.15) is 12.4 Å². The molecule has 0 N–H and O–H groups in total. The first-order valence-electron chi connectivity index (χ1n) is 9.66. The van der Waals surface area contributed by atoms with Crippen LogP contribution in [0.2, 0.25) is 10.0 Å². The molecular formula is C22H26Cl2N2O2. The second-order valence-corrected chi connectivity index (χ2v) is 7.98. The van der Waals surface area contributed by atoms with Gasteiger partial charge in [0.2, 0.25) is 5.91 Å². The predicted octanol–water partition coefficient (Wildman–Crippen LogP) is 4.87. The molecule has 1 amide bonds. The largest absolute Gasteiger partial charge is 0.489 e. The topological polar surface area (TPSA) is 32.8 Å². The molecule has 150 valence electrons. The highest BCUT2D eigenvalue weighted by Gasteiger charge is 2.34. The Balaban J connectivity index is 1.46. The molecule has 2 aromatic carbocycles. The lowest BCUT2D eigenvalue weighted by Crippen LogP contribution is -2.53. The summed E-state index contributed by atoms with van der Waals surface area (Å²) in [5.41, 5.74) is 2.15. The maximum Gasteiger partial charge on any atom is 0.228 e. The Hall–Kier alpha value is -1.75. The molecular weight excluding hydrogens is 395 g/mol. The molecule has 1 fully saturated rings. The summed E-state index contributed by atoms with van der Waals surface area (Å²) < 4.78 is 5.82. The molecule has 0 spiro atoms. The summed E-state index contributed by atoms with van der Waals surface area (Å²) in [4.78, 5) is 16.5.